The van der Waals surface area contributed by atoms with E-state index in [1.807, 2.05) is 0 Å². The Morgan fingerprint density at radius 3 is 1.83 bits per heavy atom. The first-order valence-corrected chi connectivity index (χ1v) is 10.4. The van der Waals surface area contributed by atoms with E-state index >= 15 is 0 Å². The van der Waals surface area contributed by atoms with E-state index in [2.05, 4.69) is 27.7 Å². The van der Waals surface area contributed by atoms with Crippen LogP contribution in [0.25, 0.3) is 0 Å². The molecule has 0 spiro atoms. The zero-order valence-electron chi connectivity index (χ0n) is 17.0. The molecule has 0 aliphatic heterocycles. The van der Waals surface area contributed by atoms with Gasteiger partial charge in [-0.05, 0) is 31.1 Å². The molecule has 0 aromatic heterocycles. The van der Waals surface area contributed by atoms with Crippen molar-refractivity contribution in [3.63, 3.8) is 0 Å². The Hall–Kier alpha value is 0.870. The van der Waals surface area contributed by atoms with Crippen LogP contribution in [-0.2, 0) is 18.8 Å². The summed E-state index contributed by atoms with van der Waals surface area (Å²) in [6.45, 7) is 9.07. The monoisotopic (exact) mass is 360 g/mol. The zero-order chi connectivity index (χ0) is 16.8. The Morgan fingerprint density at radius 2 is 1.30 bits per heavy atom. The maximum atomic E-state index is 11.6. The number of rotatable bonds is 15. The topological polar surface area (TPSA) is 52.6 Å². The Bertz CT molecular complexity index is 348. The van der Waals surface area contributed by atoms with E-state index in [4.69, 9.17) is 8.37 Å². The standard InChI is InChI=1S/C17H36O4S.Na.H/c1-5-9-11-17(8-4)12-10-14-20-22(18,19)21-15-13-16(6-2)7-3;;/h16-17H,5-15H2,1-4H3;;/q;+1;-1. The van der Waals surface area contributed by atoms with Crippen molar-refractivity contribution in [1.82, 2.24) is 0 Å². The van der Waals surface area contributed by atoms with Crippen LogP contribution >= 0.6 is 0 Å². The van der Waals surface area contributed by atoms with Crippen molar-refractivity contribution in [2.75, 3.05) is 13.2 Å². The van der Waals surface area contributed by atoms with Gasteiger partial charge in [-0.2, -0.15) is 8.42 Å². The molecule has 136 valence electrons. The van der Waals surface area contributed by atoms with Crippen LogP contribution in [0.2, 0.25) is 0 Å². The van der Waals surface area contributed by atoms with E-state index in [-0.39, 0.29) is 44.2 Å². The third-order valence-corrected chi connectivity index (χ3v) is 5.35. The normalized spacial score (nSPS) is 13.1. The predicted octanol–water partition coefficient (Wildman–Crippen LogP) is 2.20. The van der Waals surface area contributed by atoms with Crippen LogP contribution in [0.1, 0.15) is 86.9 Å². The van der Waals surface area contributed by atoms with Gasteiger partial charge < -0.3 is 1.43 Å². The van der Waals surface area contributed by atoms with Crippen LogP contribution in [0.4, 0.5) is 0 Å². The first kappa shape index (κ1) is 26.1. The van der Waals surface area contributed by atoms with Gasteiger partial charge in [0.2, 0.25) is 0 Å². The summed E-state index contributed by atoms with van der Waals surface area (Å²) < 4.78 is 33.1. The van der Waals surface area contributed by atoms with Gasteiger partial charge in [0.05, 0.1) is 13.2 Å². The van der Waals surface area contributed by atoms with Gasteiger partial charge in [0.25, 0.3) is 0 Å². The Kier molecular flexibility index (Phi) is 18.5. The fraction of sp³-hybridized carbons (Fsp3) is 1.00. The average molecular weight is 361 g/mol. The smallest absolute Gasteiger partial charge is 1.00 e. The zero-order valence-corrected chi connectivity index (χ0v) is 18.8. The molecule has 0 heterocycles. The summed E-state index contributed by atoms with van der Waals surface area (Å²) in [6, 6.07) is 0. The van der Waals surface area contributed by atoms with Crippen molar-refractivity contribution in [2.24, 2.45) is 11.8 Å². The van der Waals surface area contributed by atoms with E-state index in [1.165, 1.54) is 19.3 Å². The summed E-state index contributed by atoms with van der Waals surface area (Å²) in [7, 11) is -3.82. The van der Waals surface area contributed by atoms with E-state index in [9.17, 15) is 8.42 Å². The van der Waals surface area contributed by atoms with Gasteiger partial charge >= 0.3 is 40.0 Å². The van der Waals surface area contributed by atoms with E-state index in [1.54, 1.807) is 0 Å². The number of hydrogen-bond acceptors (Lipinski definition) is 4. The van der Waals surface area contributed by atoms with Gasteiger partial charge in [0, 0.05) is 0 Å². The minimum Gasteiger partial charge on any atom is -1.00 e. The molecule has 0 saturated carbocycles. The third kappa shape index (κ3) is 14.9. The summed E-state index contributed by atoms with van der Waals surface area (Å²) in [5.74, 6) is 1.21. The van der Waals surface area contributed by atoms with E-state index < -0.39 is 10.4 Å². The fourth-order valence-electron chi connectivity index (χ4n) is 2.63. The van der Waals surface area contributed by atoms with Crippen molar-refractivity contribution in [3.05, 3.63) is 0 Å². The first-order valence-electron chi connectivity index (χ1n) is 9.02. The molecule has 1 atom stereocenters. The maximum absolute atomic E-state index is 11.6. The SMILES string of the molecule is CCCCC(CC)CCCOS(=O)(=O)OCCC(CC)CC.[H-].[Na+]. The maximum Gasteiger partial charge on any atom is 1.00 e. The third-order valence-electron chi connectivity index (χ3n) is 4.44. The molecular formula is C17H37NaO4S. The summed E-state index contributed by atoms with van der Waals surface area (Å²) in [4.78, 5) is 0. The minimum atomic E-state index is -3.82. The quantitative estimate of drug-likeness (QED) is 0.332. The molecular weight excluding hydrogens is 323 g/mol. The Labute approximate surface area is 168 Å². The Morgan fingerprint density at radius 1 is 0.783 bits per heavy atom. The second-order valence-corrected chi connectivity index (χ2v) is 7.37. The summed E-state index contributed by atoms with van der Waals surface area (Å²) in [6.07, 6.45) is 9.52. The van der Waals surface area contributed by atoms with Gasteiger partial charge in [0.1, 0.15) is 0 Å². The van der Waals surface area contributed by atoms with Crippen molar-refractivity contribution in [2.45, 2.75) is 85.5 Å². The van der Waals surface area contributed by atoms with E-state index in [0.717, 1.165) is 38.5 Å². The van der Waals surface area contributed by atoms with Crippen LogP contribution < -0.4 is 29.6 Å². The molecule has 1 unspecified atom stereocenters. The molecule has 0 saturated heterocycles. The predicted molar refractivity (Wildman–Crippen MR) is 93.2 cm³/mol. The van der Waals surface area contributed by atoms with Crippen molar-refractivity contribution < 1.29 is 47.8 Å². The molecule has 0 amide bonds. The van der Waals surface area contributed by atoms with Crippen LogP contribution in [0.5, 0.6) is 0 Å². The van der Waals surface area contributed by atoms with Crippen molar-refractivity contribution >= 4 is 10.4 Å². The van der Waals surface area contributed by atoms with Crippen LogP contribution in [0.15, 0.2) is 0 Å². The largest absolute Gasteiger partial charge is 1.00 e. The molecule has 0 radical (unpaired) electrons. The average Bonchev–Trinajstić information content (AvgIpc) is 2.51. The second-order valence-electron chi connectivity index (χ2n) is 6.08. The molecule has 0 aromatic rings. The van der Waals surface area contributed by atoms with Gasteiger partial charge in [-0.15, -0.1) is 0 Å². The molecule has 4 nitrogen and oxygen atoms in total. The van der Waals surface area contributed by atoms with Gasteiger partial charge in [-0.1, -0.05) is 66.2 Å². The first-order chi connectivity index (χ1) is 10.5. The summed E-state index contributed by atoms with van der Waals surface area (Å²) in [5.41, 5.74) is 0. The molecule has 0 N–H and O–H groups in total. The summed E-state index contributed by atoms with van der Waals surface area (Å²) >= 11 is 0. The molecule has 23 heavy (non-hydrogen) atoms. The second kappa shape index (κ2) is 16.3. The molecule has 0 aromatic carbocycles. The van der Waals surface area contributed by atoms with Gasteiger partial charge in [-0.3, -0.25) is 0 Å². The fourth-order valence-corrected chi connectivity index (χ4v) is 3.32. The molecule has 0 aliphatic carbocycles. The molecule has 6 heteroatoms. The van der Waals surface area contributed by atoms with Gasteiger partial charge in [0.15, 0.2) is 0 Å². The van der Waals surface area contributed by atoms with Crippen LogP contribution in [0, 0.1) is 11.8 Å². The Balaban J connectivity index is -0.00000220. The molecule has 0 bridgehead atoms. The van der Waals surface area contributed by atoms with Crippen LogP contribution in [0.3, 0.4) is 0 Å². The molecule has 0 fully saturated rings. The number of unbranched alkanes of at least 4 members (excludes halogenated alkanes) is 1. The molecule has 0 rings (SSSR count). The summed E-state index contributed by atoms with van der Waals surface area (Å²) in [5, 5.41) is 0. The molecule has 0 aliphatic rings. The minimum absolute atomic E-state index is 0. The van der Waals surface area contributed by atoms with E-state index in [0.29, 0.717) is 11.8 Å². The van der Waals surface area contributed by atoms with Gasteiger partial charge in [-0.25, -0.2) is 8.37 Å². The van der Waals surface area contributed by atoms with Crippen LogP contribution in [-0.4, -0.2) is 21.6 Å². The number of hydrogen-bond donors (Lipinski definition) is 0. The van der Waals surface area contributed by atoms with Crippen molar-refractivity contribution in [1.29, 1.82) is 0 Å². The van der Waals surface area contributed by atoms with Crippen molar-refractivity contribution in [3.8, 4) is 0 Å².